The van der Waals surface area contributed by atoms with Crippen molar-refractivity contribution in [2.75, 3.05) is 11.5 Å². The first kappa shape index (κ1) is 34.5. The van der Waals surface area contributed by atoms with E-state index in [1.54, 1.807) is 12.1 Å². The predicted octanol–water partition coefficient (Wildman–Crippen LogP) is 9.32. The summed E-state index contributed by atoms with van der Waals surface area (Å²) >= 11 is -1.40. The lowest BCUT2D eigenvalue weighted by molar-refractivity contribution is -0.284. The highest BCUT2D eigenvalue weighted by Gasteiger charge is 2.59. The zero-order valence-corrected chi connectivity index (χ0v) is 25.8. The summed E-state index contributed by atoms with van der Waals surface area (Å²) in [6.45, 7) is 6.41. The number of aromatic hydroxyl groups is 1. The van der Waals surface area contributed by atoms with Crippen molar-refractivity contribution >= 4 is 11.2 Å². The Morgan fingerprint density at radius 3 is 2.28 bits per heavy atom. The molecule has 244 valence electrons. The lowest BCUT2D eigenvalue weighted by Crippen LogP contribution is -2.45. The molecule has 0 radical (unpaired) electrons. The summed E-state index contributed by atoms with van der Waals surface area (Å²) in [5, 5.41) is 20.8. The Kier molecular flexibility index (Phi) is 11.2. The molecule has 4 rings (SSSR count). The third kappa shape index (κ3) is 7.54. The number of alkyl halides is 6. The van der Waals surface area contributed by atoms with Crippen LogP contribution in [0.3, 0.4) is 0 Å². The number of phenolic OH excluding ortho intramolecular Hbond substituents is 1. The van der Waals surface area contributed by atoms with E-state index in [1.165, 1.54) is 0 Å². The van der Waals surface area contributed by atoms with E-state index in [4.69, 9.17) is 0 Å². The van der Waals surface area contributed by atoms with Gasteiger partial charge in [0.25, 0.3) is 0 Å². The van der Waals surface area contributed by atoms with Gasteiger partial charge in [-0.1, -0.05) is 62.8 Å². The number of halogens is 6. The summed E-state index contributed by atoms with van der Waals surface area (Å²) in [7, 11) is 0. The average Bonchev–Trinajstić information content (AvgIpc) is 3.16. The third-order valence-electron chi connectivity index (χ3n) is 10.7. The lowest BCUT2D eigenvalue weighted by Gasteiger charge is -2.53. The minimum Gasteiger partial charge on any atom is -0.616 e. The smallest absolute Gasteiger partial charge is 0.453 e. The molecule has 0 amide bonds. The maximum atomic E-state index is 16.2. The SMILES string of the molecule is C=C1[C@H](O)C[C@H]2[C@@H]3[C@H](CCCCCCCCC[S+]([O-])CCCC(F)(F)C(F)(F)F)[C@@H](F)c4cc(O)ccc4[C@H]3CC[C@]12C. The van der Waals surface area contributed by atoms with Crippen LogP contribution in [0.5, 0.6) is 5.75 Å². The van der Waals surface area contributed by atoms with E-state index < -0.39 is 48.4 Å². The standard InChI is InChI=1S/C33H46F6O3S/c1-21-28(41)20-27-29-24(14-16-31(21,27)2)23-13-12-22(40)19-26(23)30(34)25(29)11-8-6-4-3-5-7-9-17-43(42)18-10-15-32(35,36)33(37,38)39/h12-13,19,24-25,27-30,40-41H,1,3-11,14-18,20H2,2H3/t24-,25+,27+,28-,29+,30-,31-,43?/m1/s1. The minimum absolute atomic E-state index is 0.0794. The van der Waals surface area contributed by atoms with Gasteiger partial charge in [-0.05, 0) is 103 Å². The Morgan fingerprint density at radius 2 is 1.60 bits per heavy atom. The van der Waals surface area contributed by atoms with Crippen LogP contribution in [0.15, 0.2) is 30.4 Å². The Hall–Kier alpha value is -1.39. The highest BCUT2D eigenvalue weighted by Crippen LogP contribution is 2.66. The molecule has 2 fully saturated rings. The molecule has 0 aromatic heterocycles. The van der Waals surface area contributed by atoms with Gasteiger partial charge in [-0.25, -0.2) is 4.39 Å². The molecule has 1 aromatic rings. The number of unbranched alkanes of at least 4 members (excludes halogenated alkanes) is 6. The van der Waals surface area contributed by atoms with E-state index >= 15 is 4.39 Å². The monoisotopic (exact) mass is 636 g/mol. The number of rotatable bonds is 14. The first-order valence-corrected chi connectivity index (χ1v) is 17.3. The van der Waals surface area contributed by atoms with E-state index in [0.29, 0.717) is 24.2 Å². The van der Waals surface area contributed by atoms with Crippen LogP contribution in [0.1, 0.15) is 114 Å². The summed E-state index contributed by atoms with van der Waals surface area (Å²) in [5.41, 5.74) is 2.30. The minimum atomic E-state index is -5.57. The number of aliphatic hydroxyl groups is 1. The first-order chi connectivity index (χ1) is 20.2. The predicted molar refractivity (Wildman–Crippen MR) is 157 cm³/mol. The molecule has 43 heavy (non-hydrogen) atoms. The van der Waals surface area contributed by atoms with E-state index in [2.05, 4.69) is 13.5 Å². The van der Waals surface area contributed by atoms with Crippen LogP contribution in [-0.4, -0.2) is 44.5 Å². The normalized spacial score (nSPS) is 31.4. The summed E-state index contributed by atoms with van der Waals surface area (Å²) in [6.07, 6.45) is 0.269. The largest absolute Gasteiger partial charge is 0.616 e. The van der Waals surface area contributed by atoms with Gasteiger partial charge in [0.2, 0.25) is 0 Å². The molecule has 10 heteroatoms. The van der Waals surface area contributed by atoms with E-state index in [-0.39, 0.29) is 40.6 Å². The third-order valence-corrected chi connectivity index (χ3v) is 12.1. The molecular formula is C33H46F6O3S. The van der Waals surface area contributed by atoms with Crippen molar-refractivity contribution in [3.05, 3.63) is 41.5 Å². The van der Waals surface area contributed by atoms with Gasteiger partial charge in [-0.2, -0.15) is 22.0 Å². The number of fused-ring (bicyclic) bond motifs is 5. The maximum absolute atomic E-state index is 16.2. The molecule has 8 atom stereocenters. The molecular weight excluding hydrogens is 590 g/mol. The molecule has 1 unspecified atom stereocenters. The number of hydrogen-bond donors (Lipinski definition) is 2. The average molecular weight is 637 g/mol. The van der Waals surface area contributed by atoms with Gasteiger partial charge in [-0.3, -0.25) is 0 Å². The second-order valence-electron chi connectivity index (χ2n) is 13.3. The fourth-order valence-corrected chi connectivity index (χ4v) is 9.40. The molecule has 0 spiro atoms. The second-order valence-corrected chi connectivity index (χ2v) is 15.0. The summed E-state index contributed by atoms with van der Waals surface area (Å²) in [4.78, 5) is 0. The Balaban J connectivity index is 1.20. The number of aliphatic hydroxyl groups excluding tert-OH is 1. The van der Waals surface area contributed by atoms with Crippen molar-refractivity contribution < 1.29 is 41.1 Å². The van der Waals surface area contributed by atoms with E-state index in [9.17, 15) is 36.7 Å². The fourth-order valence-electron chi connectivity index (χ4n) is 8.21. The van der Waals surface area contributed by atoms with Gasteiger partial charge in [0.05, 0.1) is 6.10 Å². The van der Waals surface area contributed by atoms with Crippen LogP contribution < -0.4 is 0 Å². The van der Waals surface area contributed by atoms with Gasteiger partial charge >= 0.3 is 12.1 Å². The van der Waals surface area contributed by atoms with Gasteiger partial charge in [0.15, 0.2) is 0 Å². The van der Waals surface area contributed by atoms with Crippen molar-refractivity contribution in [2.24, 2.45) is 23.2 Å². The topological polar surface area (TPSA) is 63.5 Å². The number of benzene rings is 1. The molecule has 3 aliphatic rings. The Labute approximate surface area is 254 Å². The Bertz CT molecular complexity index is 1100. The van der Waals surface area contributed by atoms with Crippen LogP contribution in [0, 0.1) is 23.2 Å². The van der Waals surface area contributed by atoms with Crippen LogP contribution >= 0.6 is 0 Å². The first-order valence-electron chi connectivity index (χ1n) is 15.8. The molecule has 3 nitrogen and oxygen atoms in total. The van der Waals surface area contributed by atoms with Gasteiger partial charge in [-0.15, -0.1) is 0 Å². The molecule has 2 N–H and O–H groups in total. The van der Waals surface area contributed by atoms with Gasteiger partial charge < -0.3 is 14.8 Å². The van der Waals surface area contributed by atoms with Crippen molar-refractivity contribution in [2.45, 2.75) is 121 Å². The van der Waals surface area contributed by atoms with E-state index in [0.717, 1.165) is 68.9 Å². The quantitative estimate of drug-likeness (QED) is 0.0926. The fraction of sp³-hybridized carbons (Fsp3) is 0.758. The van der Waals surface area contributed by atoms with Crippen molar-refractivity contribution in [3.8, 4) is 5.75 Å². The van der Waals surface area contributed by atoms with Crippen LogP contribution in [0.2, 0.25) is 0 Å². The number of phenols is 1. The zero-order chi connectivity index (χ0) is 31.6. The van der Waals surface area contributed by atoms with Crippen LogP contribution in [-0.2, 0) is 11.2 Å². The zero-order valence-electron chi connectivity index (χ0n) is 25.0. The maximum Gasteiger partial charge on any atom is 0.453 e. The van der Waals surface area contributed by atoms with E-state index in [1.807, 2.05) is 6.07 Å². The van der Waals surface area contributed by atoms with Crippen LogP contribution in [0.4, 0.5) is 26.3 Å². The lowest BCUT2D eigenvalue weighted by atomic mass is 9.51. The molecule has 1 aromatic carbocycles. The van der Waals surface area contributed by atoms with Crippen LogP contribution in [0.25, 0.3) is 0 Å². The summed E-state index contributed by atoms with van der Waals surface area (Å²) in [6, 6.07) is 5.12. The molecule has 0 heterocycles. The highest BCUT2D eigenvalue weighted by atomic mass is 32.2. The van der Waals surface area contributed by atoms with Gasteiger partial charge in [0, 0.05) is 6.42 Å². The van der Waals surface area contributed by atoms with Gasteiger partial charge in [0.1, 0.15) is 23.4 Å². The summed E-state index contributed by atoms with van der Waals surface area (Å²) in [5.74, 6) is -4.20. The molecule has 3 aliphatic carbocycles. The summed E-state index contributed by atoms with van der Waals surface area (Å²) < 4.78 is 90.8. The number of hydrogen-bond acceptors (Lipinski definition) is 3. The second kappa shape index (κ2) is 13.9. The molecule has 0 bridgehead atoms. The highest BCUT2D eigenvalue weighted by molar-refractivity contribution is 7.91. The molecule has 0 aliphatic heterocycles. The van der Waals surface area contributed by atoms with Crippen molar-refractivity contribution in [1.29, 1.82) is 0 Å². The molecule has 2 saturated carbocycles. The van der Waals surface area contributed by atoms with Crippen molar-refractivity contribution in [1.82, 2.24) is 0 Å². The molecule has 0 saturated heterocycles. The van der Waals surface area contributed by atoms with Crippen molar-refractivity contribution in [3.63, 3.8) is 0 Å². The Morgan fingerprint density at radius 1 is 0.977 bits per heavy atom.